The molecule has 0 saturated heterocycles. The first-order valence-corrected chi connectivity index (χ1v) is 7.74. The Morgan fingerprint density at radius 1 is 1.47 bits per heavy atom. The van der Waals surface area contributed by atoms with E-state index in [1.807, 2.05) is 12.4 Å². The van der Waals surface area contributed by atoms with Crippen LogP contribution in [0.2, 0.25) is 0 Å². The molecule has 2 atom stereocenters. The molecule has 2 rings (SSSR count). The topological polar surface area (TPSA) is 29.9 Å². The fourth-order valence-electron chi connectivity index (χ4n) is 3.68. The van der Waals surface area contributed by atoms with Crippen LogP contribution in [0.15, 0.2) is 12.4 Å². The third-order valence-corrected chi connectivity index (χ3v) is 4.87. The van der Waals surface area contributed by atoms with Crippen LogP contribution in [0.5, 0.6) is 0 Å². The minimum absolute atomic E-state index is 0.455. The Morgan fingerprint density at radius 2 is 2.26 bits per heavy atom. The third-order valence-electron chi connectivity index (χ3n) is 4.87. The Bertz CT molecular complexity index is 394. The second-order valence-corrected chi connectivity index (χ2v) is 6.66. The van der Waals surface area contributed by atoms with Gasteiger partial charge in [-0.05, 0) is 30.7 Å². The Morgan fingerprint density at radius 3 is 2.84 bits per heavy atom. The number of aryl methyl sites for hydroxylation is 1. The molecular weight excluding hydrogens is 234 g/mol. The van der Waals surface area contributed by atoms with Crippen molar-refractivity contribution < 1.29 is 0 Å². The van der Waals surface area contributed by atoms with Crippen molar-refractivity contribution >= 4 is 0 Å². The summed E-state index contributed by atoms with van der Waals surface area (Å²) in [6, 6.07) is 0.557. The SMILES string of the molecule is CCNC(Cc1nccn1C)C1CCCCC1(C)C. The molecule has 0 bridgehead atoms. The number of hydrogen-bond acceptors (Lipinski definition) is 2. The van der Waals surface area contributed by atoms with E-state index in [1.165, 1.54) is 31.5 Å². The molecule has 1 heterocycles. The fourth-order valence-corrected chi connectivity index (χ4v) is 3.68. The predicted octanol–water partition coefficient (Wildman–Crippen LogP) is 3.16. The van der Waals surface area contributed by atoms with Crippen LogP contribution in [0.25, 0.3) is 0 Å². The minimum Gasteiger partial charge on any atom is -0.338 e. The summed E-state index contributed by atoms with van der Waals surface area (Å²) in [5.74, 6) is 1.96. The van der Waals surface area contributed by atoms with Crippen molar-refractivity contribution in [3.63, 3.8) is 0 Å². The van der Waals surface area contributed by atoms with E-state index >= 15 is 0 Å². The van der Waals surface area contributed by atoms with Crippen LogP contribution in [-0.2, 0) is 13.5 Å². The van der Waals surface area contributed by atoms with Crippen molar-refractivity contribution in [2.75, 3.05) is 6.54 Å². The molecule has 0 aromatic carbocycles. The van der Waals surface area contributed by atoms with Crippen LogP contribution in [0.4, 0.5) is 0 Å². The van der Waals surface area contributed by atoms with E-state index in [9.17, 15) is 0 Å². The molecule has 2 unspecified atom stereocenters. The molecule has 0 amide bonds. The molecule has 19 heavy (non-hydrogen) atoms. The summed E-state index contributed by atoms with van der Waals surface area (Å²) in [6.07, 6.45) is 10.5. The van der Waals surface area contributed by atoms with Gasteiger partial charge < -0.3 is 9.88 Å². The van der Waals surface area contributed by atoms with E-state index in [-0.39, 0.29) is 0 Å². The number of imidazole rings is 1. The van der Waals surface area contributed by atoms with Crippen molar-refractivity contribution in [3.05, 3.63) is 18.2 Å². The average molecular weight is 263 g/mol. The highest BCUT2D eigenvalue weighted by atomic mass is 15.0. The lowest BCUT2D eigenvalue weighted by atomic mass is 9.65. The summed E-state index contributed by atoms with van der Waals surface area (Å²) in [5, 5.41) is 3.72. The first-order valence-electron chi connectivity index (χ1n) is 7.74. The van der Waals surface area contributed by atoms with Crippen LogP contribution in [0, 0.1) is 11.3 Å². The predicted molar refractivity (Wildman–Crippen MR) is 80.1 cm³/mol. The molecule has 0 radical (unpaired) electrons. The number of rotatable bonds is 5. The van der Waals surface area contributed by atoms with Crippen molar-refractivity contribution in [2.24, 2.45) is 18.4 Å². The van der Waals surface area contributed by atoms with Crippen LogP contribution >= 0.6 is 0 Å². The lowest BCUT2D eigenvalue weighted by Crippen LogP contribution is -2.46. The molecule has 1 aromatic rings. The zero-order chi connectivity index (χ0) is 13.9. The summed E-state index contributed by atoms with van der Waals surface area (Å²) < 4.78 is 2.15. The van der Waals surface area contributed by atoms with Gasteiger partial charge in [0.25, 0.3) is 0 Å². The van der Waals surface area contributed by atoms with Gasteiger partial charge in [0.1, 0.15) is 5.82 Å². The highest BCUT2D eigenvalue weighted by Crippen LogP contribution is 2.42. The summed E-state index contributed by atoms with van der Waals surface area (Å²) >= 11 is 0. The normalized spacial score (nSPS) is 24.3. The van der Waals surface area contributed by atoms with Crippen molar-refractivity contribution in [3.8, 4) is 0 Å². The summed E-state index contributed by atoms with van der Waals surface area (Å²) in [5.41, 5.74) is 0.455. The van der Waals surface area contributed by atoms with E-state index in [4.69, 9.17) is 0 Å². The maximum Gasteiger partial charge on any atom is 0.109 e. The third kappa shape index (κ3) is 3.38. The molecule has 1 aromatic heterocycles. The standard InChI is InChI=1S/C16H29N3/c1-5-17-14(12-15-18-10-11-19(15)4)13-8-6-7-9-16(13,2)3/h10-11,13-14,17H,5-9,12H2,1-4H3. The molecular formula is C16H29N3. The van der Waals surface area contributed by atoms with Crippen molar-refractivity contribution in [1.82, 2.24) is 14.9 Å². The molecule has 1 N–H and O–H groups in total. The first kappa shape index (κ1) is 14.6. The molecule has 108 valence electrons. The first-order chi connectivity index (χ1) is 9.04. The Balaban J connectivity index is 2.12. The number of nitrogens with zero attached hydrogens (tertiary/aromatic N) is 2. The maximum atomic E-state index is 4.50. The van der Waals surface area contributed by atoms with E-state index < -0.39 is 0 Å². The fraction of sp³-hybridized carbons (Fsp3) is 0.812. The lowest BCUT2D eigenvalue weighted by Gasteiger charge is -2.43. The molecule has 1 saturated carbocycles. The molecule has 3 nitrogen and oxygen atoms in total. The molecule has 1 aliphatic rings. The van der Waals surface area contributed by atoms with Gasteiger partial charge in [-0.15, -0.1) is 0 Å². The van der Waals surface area contributed by atoms with Crippen LogP contribution in [0.3, 0.4) is 0 Å². The summed E-state index contributed by atoms with van der Waals surface area (Å²) in [4.78, 5) is 4.50. The molecule has 0 aliphatic heterocycles. The maximum absolute atomic E-state index is 4.50. The molecule has 1 fully saturated rings. The second-order valence-electron chi connectivity index (χ2n) is 6.66. The van der Waals surface area contributed by atoms with E-state index in [0.29, 0.717) is 11.5 Å². The number of likely N-dealkylation sites (N-methyl/N-ethyl adjacent to an activating group) is 1. The largest absolute Gasteiger partial charge is 0.338 e. The van der Waals surface area contributed by atoms with Gasteiger partial charge in [0.2, 0.25) is 0 Å². The monoisotopic (exact) mass is 263 g/mol. The zero-order valence-electron chi connectivity index (χ0n) is 12.9. The van der Waals surface area contributed by atoms with Crippen molar-refractivity contribution in [1.29, 1.82) is 0 Å². The van der Waals surface area contributed by atoms with Crippen LogP contribution in [-0.4, -0.2) is 22.1 Å². The number of hydrogen-bond donors (Lipinski definition) is 1. The van der Waals surface area contributed by atoms with Gasteiger partial charge in [0.05, 0.1) is 0 Å². The highest BCUT2D eigenvalue weighted by Gasteiger charge is 2.37. The Kier molecular flexibility index (Phi) is 4.67. The highest BCUT2D eigenvalue weighted by molar-refractivity contribution is 4.99. The van der Waals surface area contributed by atoms with Gasteiger partial charge in [0, 0.05) is 31.9 Å². The van der Waals surface area contributed by atoms with Crippen LogP contribution in [0.1, 0.15) is 52.3 Å². The van der Waals surface area contributed by atoms with Crippen LogP contribution < -0.4 is 5.32 Å². The summed E-state index contributed by atoms with van der Waals surface area (Å²) in [6.45, 7) is 8.14. The zero-order valence-corrected chi connectivity index (χ0v) is 12.9. The average Bonchev–Trinajstić information content (AvgIpc) is 2.74. The van der Waals surface area contributed by atoms with Gasteiger partial charge >= 0.3 is 0 Å². The second kappa shape index (κ2) is 6.08. The van der Waals surface area contributed by atoms with Gasteiger partial charge in [-0.2, -0.15) is 0 Å². The number of nitrogens with one attached hydrogen (secondary N) is 1. The molecule has 0 spiro atoms. The van der Waals surface area contributed by atoms with E-state index in [0.717, 1.165) is 18.9 Å². The quantitative estimate of drug-likeness (QED) is 0.884. The number of aromatic nitrogens is 2. The van der Waals surface area contributed by atoms with E-state index in [2.05, 4.69) is 42.7 Å². The minimum atomic E-state index is 0.455. The Hall–Kier alpha value is -0.830. The summed E-state index contributed by atoms with van der Waals surface area (Å²) in [7, 11) is 2.09. The molecule has 1 aliphatic carbocycles. The van der Waals surface area contributed by atoms with Crippen molar-refractivity contribution in [2.45, 2.75) is 58.9 Å². The lowest BCUT2D eigenvalue weighted by molar-refractivity contribution is 0.0977. The smallest absolute Gasteiger partial charge is 0.109 e. The van der Waals surface area contributed by atoms with Gasteiger partial charge in [-0.3, -0.25) is 0 Å². The van der Waals surface area contributed by atoms with Gasteiger partial charge in [-0.25, -0.2) is 4.98 Å². The van der Waals surface area contributed by atoms with Gasteiger partial charge in [0.15, 0.2) is 0 Å². The Labute approximate surface area is 117 Å². The molecule has 3 heteroatoms. The van der Waals surface area contributed by atoms with Gasteiger partial charge in [-0.1, -0.05) is 33.6 Å². The van der Waals surface area contributed by atoms with E-state index in [1.54, 1.807) is 0 Å².